The van der Waals surface area contributed by atoms with Gasteiger partial charge in [0.05, 0.1) is 13.5 Å². The lowest BCUT2D eigenvalue weighted by Crippen LogP contribution is -2.16. The smallest absolute Gasteiger partial charge is 0.306 e. The van der Waals surface area contributed by atoms with Gasteiger partial charge in [0.1, 0.15) is 5.82 Å². The zero-order valence-electron chi connectivity index (χ0n) is 9.20. The van der Waals surface area contributed by atoms with Crippen LogP contribution in [0.3, 0.4) is 0 Å². The van der Waals surface area contributed by atoms with Gasteiger partial charge in [-0.3, -0.25) is 9.59 Å². The van der Waals surface area contributed by atoms with Gasteiger partial charge in [-0.25, -0.2) is 4.39 Å². The number of carbonyl (C=O) groups excluding carboxylic acids is 2. The molecule has 0 fully saturated rings. The van der Waals surface area contributed by atoms with Crippen LogP contribution in [0.15, 0.2) is 24.3 Å². The van der Waals surface area contributed by atoms with Crippen molar-refractivity contribution in [3.63, 3.8) is 0 Å². The van der Waals surface area contributed by atoms with E-state index < -0.39 is 17.7 Å². The zero-order chi connectivity index (χ0) is 12.1. The normalized spacial score (nSPS) is 11.9. The summed E-state index contributed by atoms with van der Waals surface area (Å²) in [7, 11) is 1.27. The average molecular weight is 224 g/mol. The molecule has 1 aromatic rings. The molecule has 0 aliphatic heterocycles. The Morgan fingerprint density at radius 2 is 2.12 bits per heavy atom. The van der Waals surface area contributed by atoms with E-state index in [2.05, 4.69) is 4.74 Å². The van der Waals surface area contributed by atoms with Crippen molar-refractivity contribution in [3.8, 4) is 0 Å². The maximum absolute atomic E-state index is 12.9. The first kappa shape index (κ1) is 12.4. The second-order valence-corrected chi connectivity index (χ2v) is 3.56. The standard InChI is InChI=1S/C12H13FO3/c1-8(6-11(14)16-2)12(15)9-4-3-5-10(13)7-9/h3-5,7-8H,6H2,1-2H3. The number of hydrogen-bond acceptors (Lipinski definition) is 3. The van der Waals surface area contributed by atoms with Gasteiger partial charge in [-0.05, 0) is 12.1 Å². The number of hydrogen-bond donors (Lipinski definition) is 0. The zero-order valence-corrected chi connectivity index (χ0v) is 9.20. The molecule has 0 amide bonds. The number of rotatable bonds is 4. The molecule has 1 rings (SSSR count). The van der Waals surface area contributed by atoms with E-state index in [0.717, 1.165) is 6.07 Å². The topological polar surface area (TPSA) is 43.4 Å². The van der Waals surface area contributed by atoms with Crippen molar-refractivity contribution in [2.45, 2.75) is 13.3 Å². The maximum Gasteiger partial charge on any atom is 0.306 e. The fourth-order valence-corrected chi connectivity index (χ4v) is 1.35. The van der Waals surface area contributed by atoms with Crippen molar-refractivity contribution in [1.82, 2.24) is 0 Å². The molecular formula is C12H13FO3. The predicted octanol–water partition coefficient (Wildman–Crippen LogP) is 2.21. The van der Waals surface area contributed by atoms with Crippen molar-refractivity contribution in [2.75, 3.05) is 7.11 Å². The second-order valence-electron chi connectivity index (χ2n) is 3.56. The summed E-state index contributed by atoms with van der Waals surface area (Å²) < 4.78 is 17.3. The molecule has 16 heavy (non-hydrogen) atoms. The summed E-state index contributed by atoms with van der Waals surface area (Å²) in [5, 5.41) is 0. The molecule has 0 aromatic heterocycles. The molecule has 0 aliphatic rings. The molecular weight excluding hydrogens is 211 g/mol. The minimum atomic E-state index is -0.505. The third kappa shape index (κ3) is 3.15. The Hall–Kier alpha value is -1.71. The monoisotopic (exact) mass is 224 g/mol. The summed E-state index contributed by atoms with van der Waals surface area (Å²) in [6.07, 6.45) is 0.00580. The molecule has 86 valence electrons. The summed E-state index contributed by atoms with van der Waals surface area (Å²) in [4.78, 5) is 22.8. The quantitative estimate of drug-likeness (QED) is 0.581. The van der Waals surface area contributed by atoms with Crippen LogP contribution in [0.5, 0.6) is 0 Å². The molecule has 3 nitrogen and oxygen atoms in total. The first-order valence-electron chi connectivity index (χ1n) is 4.91. The summed E-state index contributed by atoms with van der Waals surface area (Å²) in [5.41, 5.74) is 0.274. The van der Waals surface area contributed by atoms with Gasteiger partial charge in [0.2, 0.25) is 0 Å². The van der Waals surface area contributed by atoms with Gasteiger partial charge >= 0.3 is 5.97 Å². The van der Waals surface area contributed by atoms with Crippen molar-refractivity contribution in [2.24, 2.45) is 5.92 Å². The number of ether oxygens (including phenoxy) is 1. The highest BCUT2D eigenvalue weighted by Gasteiger charge is 2.19. The van der Waals surface area contributed by atoms with Crippen molar-refractivity contribution < 1.29 is 18.7 Å². The molecule has 1 aromatic carbocycles. The van der Waals surface area contributed by atoms with Gasteiger partial charge < -0.3 is 4.74 Å². The van der Waals surface area contributed by atoms with E-state index in [-0.39, 0.29) is 17.8 Å². The van der Waals surface area contributed by atoms with Crippen LogP contribution in [0, 0.1) is 11.7 Å². The van der Waals surface area contributed by atoms with Gasteiger partial charge in [-0.15, -0.1) is 0 Å². The molecule has 4 heteroatoms. The minimum absolute atomic E-state index is 0.00580. The van der Waals surface area contributed by atoms with Crippen LogP contribution >= 0.6 is 0 Å². The predicted molar refractivity (Wildman–Crippen MR) is 56.5 cm³/mol. The van der Waals surface area contributed by atoms with Crippen molar-refractivity contribution >= 4 is 11.8 Å². The fourth-order valence-electron chi connectivity index (χ4n) is 1.35. The Morgan fingerprint density at radius 1 is 1.44 bits per heavy atom. The SMILES string of the molecule is COC(=O)CC(C)C(=O)c1cccc(F)c1. The molecule has 0 aliphatic carbocycles. The average Bonchev–Trinajstić information content (AvgIpc) is 2.27. The van der Waals surface area contributed by atoms with E-state index in [4.69, 9.17) is 0 Å². The fraction of sp³-hybridized carbons (Fsp3) is 0.333. The summed E-state index contributed by atoms with van der Waals surface area (Å²) >= 11 is 0. The van der Waals surface area contributed by atoms with Crippen LogP contribution < -0.4 is 0 Å². The Bertz CT molecular complexity index is 401. The maximum atomic E-state index is 12.9. The minimum Gasteiger partial charge on any atom is -0.469 e. The Morgan fingerprint density at radius 3 is 2.69 bits per heavy atom. The molecule has 0 saturated heterocycles. The molecule has 0 radical (unpaired) electrons. The first-order chi connectivity index (χ1) is 7.54. The third-order valence-electron chi connectivity index (χ3n) is 2.26. The van der Waals surface area contributed by atoms with E-state index in [1.807, 2.05) is 0 Å². The Balaban J connectivity index is 2.74. The molecule has 0 spiro atoms. The highest BCUT2D eigenvalue weighted by molar-refractivity contribution is 5.99. The molecule has 1 unspecified atom stereocenters. The largest absolute Gasteiger partial charge is 0.469 e. The molecule has 1 atom stereocenters. The van der Waals surface area contributed by atoms with Crippen molar-refractivity contribution in [1.29, 1.82) is 0 Å². The number of Topliss-reactive ketones (excluding diaryl/α,β-unsaturated/α-hetero) is 1. The van der Waals surface area contributed by atoms with Crippen molar-refractivity contribution in [3.05, 3.63) is 35.6 Å². The van der Waals surface area contributed by atoms with Gasteiger partial charge in [0.15, 0.2) is 5.78 Å². The molecule has 0 heterocycles. The number of methoxy groups -OCH3 is 1. The van der Waals surface area contributed by atoms with E-state index >= 15 is 0 Å². The van der Waals surface area contributed by atoms with E-state index in [0.29, 0.717) is 0 Å². The first-order valence-corrected chi connectivity index (χ1v) is 4.91. The Kier molecular flexibility index (Phi) is 4.17. The summed E-state index contributed by atoms with van der Waals surface area (Å²) in [6.45, 7) is 1.62. The summed E-state index contributed by atoms with van der Waals surface area (Å²) in [6, 6.07) is 5.42. The van der Waals surface area contributed by atoms with E-state index in [1.165, 1.54) is 25.3 Å². The number of esters is 1. The molecule has 0 bridgehead atoms. The van der Waals surface area contributed by atoms with Crippen LogP contribution in [0.25, 0.3) is 0 Å². The summed E-state index contributed by atoms with van der Waals surface area (Å²) in [5.74, 6) is -1.67. The lowest BCUT2D eigenvalue weighted by Gasteiger charge is -2.08. The van der Waals surface area contributed by atoms with E-state index in [1.54, 1.807) is 6.92 Å². The highest BCUT2D eigenvalue weighted by Crippen LogP contribution is 2.13. The van der Waals surface area contributed by atoms with Crippen LogP contribution in [0.1, 0.15) is 23.7 Å². The lowest BCUT2D eigenvalue weighted by molar-refractivity contribution is -0.141. The van der Waals surface area contributed by atoms with Crippen LogP contribution in [0.2, 0.25) is 0 Å². The van der Waals surface area contributed by atoms with Crippen LogP contribution in [0.4, 0.5) is 4.39 Å². The highest BCUT2D eigenvalue weighted by atomic mass is 19.1. The van der Waals surface area contributed by atoms with Gasteiger partial charge in [0.25, 0.3) is 0 Å². The lowest BCUT2D eigenvalue weighted by atomic mass is 9.96. The molecule has 0 saturated carbocycles. The molecule has 0 N–H and O–H groups in total. The van der Waals surface area contributed by atoms with Crippen LogP contribution in [-0.4, -0.2) is 18.9 Å². The van der Waals surface area contributed by atoms with Gasteiger partial charge in [-0.2, -0.15) is 0 Å². The number of benzene rings is 1. The second kappa shape index (κ2) is 5.39. The number of carbonyl (C=O) groups is 2. The third-order valence-corrected chi connectivity index (χ3v) is 2.26. The van der Waals surface area contributed by atoms with Gasteiger partial charge in [-0.1, -0.05) is 19.1 Å². The van der Waals surface area contributed by atoms with E-state index in [9.17, 15) is 14.0 Å². The number of halogens is 1. The van der Waals surface area contributed by atoms with Crippen LogP contribution in [-0.2, 0) is 9.53 Å². The number of ketones is 1. The Labute approximate surface area is 93.2 Å². The van der Waals surface area contributed by atoms with Gasteiger partial charge in [0, 0.05) is 11.5 Å².